The summed E-state index contributed by atoms with van der Waals surface area (Å²) in [4.78, 5) is 11.5. The van der Waals surface area contributed by atoms with Crippen molar-refractivity contribution in [3.05, 3.63) is 60.2 Å². The molecule has 0 saturated carbocycles. The van der Waals surface area contributed by atoms with Crippen LogP contribution in [0.3, 0.4) is 0 Å². The Bertz CT molecular complexity index is 567. The number of fused-ring (bicyclic) bond motifs is 1. The van der Waals surface area contributed by atoms with Gasteiger partial charge in [-0.25, -0.2) is 0 Å². The molecule has 0 N–H and O–H groups in total. The van der Waals surface area contributed by atoms with E-state index in [4.69, 9.17) is 0 Å². The second-order valence-corrected chi connectivity index (χ2v) is 4.94. The molecule has 0 amide bonds. The standard InChI is InChI=1S/C15H14OS/c1-11(2)15(16)17-10-13-8-5-7-12-6-3-4-9-14(12)13/h3-9H,1,10H2,2H3. The van der Waals surface area contributed by atoms with Crippen molar-refractivity contribution in [3.63, 3.8) is 0 Å². The first-order valence-electron chi connectivity index (χ1n) is 5.48. The van der Waals surface area contributed by atoms with Crippen LogP contribution in [0.5, 0.6) is 0 Å². The minimum absolute atomic E-state index is 0.0675. The van der Waals surface area contributed by atoms with Gasteiger partial charge in [0.25, 0.3) is 0 Å². The first kappa shape index (κ1) is 11.9. The molecule has 0 aliphatic rings. The van der Waals surface area contributed by atoms with E-state index in [0.717, 1.165) is 0 Å². The number of rotatable bonds is 3. The highest BCUT2D eigenvalue weighted by Gasteiger charge is 2.05. The monoisotopic (exact) mass is 242 g/mol. The Balaban J connectivity index is 2.24. The van der Waals surface area contributed by atoms with Gasteiger partial charge < -0.3 is 0 Å². The number of carbonyl (C=O) groups excluding carboxylic acids is 1. The lowest BCUT2D eigenvalue weighted by Gasteiger charge is -2.05. The van der Waals surface area contributed by atoms with Crippen LogP contribution in [-0.4, -0.2) is 5.12 Å². The summed E-state index contributed by atoms with van der Waals surface area (Å²) in [5, 5.41) is 2.50. The molecule has 0 unspecified atom stereocenters. The average Bonchev–Trinajstić information content (AvgIpc) is 2.35. The maximum atomic E-state index is 11.5. The smallest absolute Gasteiger partial charge is 0.214 e. The van der Waals surface area contributed by atoms with E-state index in [9.17, 15) is 4.79 Å². The van der Waals surface area contributed by atoms with E-state index in [-0.39, 0.29) is 5.12 Å². The molecule has 2 rings (SSSR count). The molecule has 0 spiro atoms. The largest absolute Gasteiger partial charge is 0.282 e. The highest BCUT2D eigenvalue weighted by atomic mass is 32.2. The molecule has 0 aliphatic carbocycles. The molecule has 2 aromatic carbocycles. The lowest BCUT2D eigenvalue weighted by Crippen LogP contribution is -1.93. The van der Waals surface area contributed by atoms with Crippen molar-refractivity contribution in [2.75, 3.05) is 0 Å². The van der Waals surface area contributed by atoms with Crippen molar-refractivity contribution in [2.45, 2.75) is 12.7 Å². The zero-order valence-electron chi connectivity index (χ0n) is 9.77. The third-order valence-electron chi connectivity index (χ3n) is 2.59. The van der Waals surface area contributed by atoms with Crippen LogP contribution in [-0.2, 0) is 10.5 Å². The summed E-state index contributed by atoms with van der Waals surface area (Å²) in [6, 6.07) is 14.4. The summed E-state index contributed by atoms with van der Waals surface area (Å²) in [6.45, 7) is 5.41. The van der Waals surface area contributed by atoms with Gasteiger partial charge in [0.15, 0.2) is 0 Å². The molecule has 2 heteroatoms. The Labute approximate surface area is 106 Å². The van der Waals surface area contributed by atoms with Gasteiger partial charge >= 0.3 is 0 Å². The molecule has 17 heavy (non-hydrogen) atoms. The van der Waals surface area contributed by atoms with Crippen LogP contribution in [0, 0.1) is 0 Å². The van der Waals surface area contributed by atoms with Crippen LogP contribution in [0.2, 0.25) is 0 Å². The van der Waals surface area contributed by atoms with Crippen molar-refractivity contribution >= 4 is 27.6 Å². The number of carbonyl (C=O) groups is 1. The normalized spacial score (nSPS) is 10.4. The average molecular weight is 242 g/mol. The van der Waals surface area contributed by atoms with E-state index < -0.39 is 0 Å². The Morgan fingerprint density at radius 3 is 2.65 bits per heavy atom. The zero-order valence-corrected chi connectivity index (χ0v) is 10.6. The predicted octanol–water partition coefficient (Wildman–Crippen LogP) is 4.18. The van der Waals surface area contributed by atoms with Gasteiger partial charge in [0.2, 0.25) is 5.12 Å². The second-order valence-electron chi connectivity index (χ2n) is 3.99. The lowest BCUT2D eigenvalue weighted by molar-refractivity contribution is -0.107. The van der Waals surface area contributed by atoms with Crippen molar-refractivity contribution in [3.8, 4) is 0 Å². The summed E-state index contributed by atoms with van der Waals surface area (Å²) >= 11 is 1.31. The van der Waals surface area contributed by atoms with Gasteiger partial charge in [-0.2, -0.15) is 0 Å². The Kier molecular flexibility index (Phi) is 3.64. The molecule has 2 aromatic rings. The van der Waals surface area contributed by atoms with Gasteiger partial charge in [-0.15, -0.1) is 0 Å². The van der Waals surface area contributed by atoms with Crippen molar-refractivity contribution < 1.29 is 4.79 Å². The Morgan fingerprint density at radius 1 is 1.18 bits per heavy atom. The van der Waals surface area contributed by atoms with Crippen LogP contribution in [0.1, 0.15) is 12.5 Å². The maximum absolute atomic E-state index is 11.5. The van der Waals surface area contributed by atoms with Gasteiger partial charge in [0.05, 0.1) is 0 Å². The van der Waals surface area contributed by atoms with E-state index in [1.807, 2.05) is 18.2 Å². The highest BCUT2D eigenvalue weighted by Crippen LogP contribution is 2.23. The Hall–Kier alpha value is -1.54. The molecule has 0 heterocycles. The summed E-state index contributed by atoms with van der Waals surface area (Å²) < 4.78 is 0. The molecule has 0 aromatic heterocycles. The summed E-state index contributed by atoms with van der Waals surface area (Å²) in [7, 11) is 0. The van der Waals surface area contributed by atoms with E-state index in [0.29, 0.717) is 11.3 Å². The predicted molar refractivity (Wildman–Crippen MR) is 75.1 cm³/mol. The molecule has 0 radical (unpaired) electrons. The fourth-order valence-corrected chi connectivity index (χ4v) is 2.47. The third-order valence-corrected chi connectivity index (χ3v) is 3.65. The number of thioether (sulfide) groups is 1. The number of hydrogen-bond donors (Lipinski definition) is 0. The van der Waals surface area contributed by atoms with Gasteiger partial charge in [-0.1, -0.05) is 60.8 Å². The molecule has 0 fully saturated rings. The van der Waals surface area contributed by atoms with Gasteiger partial charge in [-0.3, -0.25) is 4.79 Å². The third kappa shape index (κ3) is 2.77. The highest BCUT2D eigenvalue weighted by molar-refractivity contribution is 8.13. The van der Waals surface area contributed by atoms with Gasteiger partial charge in [0.1, 0.15) is 0 Å². The van der Waals surface area contributed by atoms with Crippen LogP contribution < -0.4 is 0 Å². The molecule has 0 atom stereocenters. The summed E-state index contributed by atoms with van der Waals surface area (Å²) in [6.07, 6.45) is 0. The van der Waals surface area contributed by atoms with Gasteiger partial charge in [0, 0.05) is 5.75 Å². The van der Waals surface area contributed by atoms with Crippen molar-refractivity contribution in [1.29, 1.82) is 0 Å². The molecule has 0 saturated heterocycles. The lowest BCUT2D eigenvalue weighted by atomic mass is 10.1. The summed E-state index contributed by atoms with van der Waals surface area (Å²) in [5.41, 5.74) is 1.80. The number of hydrogen-bond acceptors (Lipinski definition) is 2. The minimum atomic E-state index is 0.0675. The van der Waals surface area contributed by atoms with Crippen molar-refractivity contribution in [1.82, 2.24) is 0 Å². The fourth-order valence-electron chi connectivity index (χ4n) is 1.68. The van der Waals surface area contributed by atoms with Crippen LogP contribution in [0.15, 0.2) is 54.6 Å². The molecule has 1 nitrogen and oxygen atoms in total. The topological polar surface area (TPSA) is 17.1 Å². The molecule has 86 valence electrons. The Morgan fingerprint density at radius 2 is 1.88 bits per heavy atom. The van der Waals surface area contributed by atoms with Crippen LogP contribution >= 0.6 is 11.8 Å². The van der Waals surface area contributed by atoms with Crippen LogP contribution in [0.25, 0.3) is 10.8 Å². The quantitative estimate of drug-likeness (QED) is 0.751. The van der Waals surface area contributed by atoms with E-state index in [1.54, 1.807) is 6.92 Å². The van der Waals surface area contributed by atoms with E-state index in [2.05, 4.69) is 30.8 Å². The van der Waals surface area contributed by atoms with E-state index >= 15 is 0 Å². The zero-order chi connectivity index (χ0) is 12.3. The first-order chi connectivity index (χ1) is 8.18. The second kappa shape index (κ2) is 5.19. The van der Waals surface area contributed by atoms with E-state index in [1.165, 1.54) is 28.1 Å². The van der Waals surface area contributed by atoms with Crippen LogP contribution in [0.4, 0.5) is 0 Å². The molecular weight excluding hydrogens is 228 g/mol. The maximum Gasteiger partial charge on any atom is 0.214 e. The minimum Gasteiger partial charge on any atom is -0.282 e. The summed E-state index contributed by atoms with van der Waals surface area (Å²) in [5.74, 6) is 0.701. The molecule has 0 bridgehead atoms. The van der Waals surface area contributed by atoms with Crippen molar-refractivity contribution in [2.24, 2.45) is 0 Å². The van der Waals surface area contributed by atoms with Gasteiger partial charge in [-0.05, 0) is 28.8 Å². The SMILES string of the molecule is C=C(C)C(=O)SCc1cccc2ccccc12. The molecule has 0 aliphatic heterocycles. The first-order valence-corrected chi connectivity index (χ1v) is 6.46. The molecular formula is C15H14OS. The fraction of sp³-hybridized carbons (Fsp3) is 0.133. The number of benzene rings is 2.